The van der Waals surface area contributed by atoms with Gasteiger partial charge in [0.05, 0.1) is 17.7 Å². The third-order valence-electron chi connectivity index (χ3n) is 5.51. The predicted molar refractivity (Wildman–Crippen MR) is 118 cm³/mol. The van der Waals surface area contributed by atoms with Crippen molar-refractivity contribution in [2.24, 2.45) is 0 Å². The number of nitrogens with zero attached hydrogens (tertiary/aromatic N) is 1. The second-order valence-electron chi connectivity index (χ2n) is 7.44. The minimum atomic E-state index is -0.225. The van der Waals surface area contributed by atoms with Gasteiger partial charge >= 0.3 is 0 Å². The van der Waals surface area contributed by atoms with Crippen LogP contribution in [0.5, 0.6) is 0 Å². The van der Waals surface area contributed by atoms with Gasteiger partial charge in [-0.1, -0.05) is 72.8 Å². The zero-order valence-electron chi connectivity index (χ0n) is 16.3. The molecule has 1 aliphatic rings. The molecule has 0 atom stereocenters. The van der Waals surface area contributed by atoms with Gasteiger partial charge in [0.25, 0.3) is 11.8 Å². The Bertz CT molecular complexity index is 1220. The lowest BCUT2D eigenvalue weighted by Crippen LogP contribution is -2.29. The highest BCUT2D eigenvalue weighted by molar-refractivity contribution is 6.21. The number of fused-ring (bicyclic) bond motifs is 2. The van der Waals surface area contributed by atoms with Crippen LogP contribution in [0.1, 0.15) is 31.8 Å². The lowest BCUT2D eigenvalue weighted by molar-refractivity contribution is 0.0642. The van der Waals surface area contributed by atoms with E-state index >= 15 is 0 Å². The van der Waals surface area contributed by atoms with E-state index in [1.807, 2.05) is 36.4 Å². The highest BCUT2D eigenvalue weighted by Gasteiger charge is 2.34. The molecule has 4 nitrogen and oxygen atoms in total. The van der Waals surface area contributed by atoms with Crippen LogP contribution in [0.4, 0.5) is 5.69 Å². The third-order valence-corrected chi connectivity index (χ3v) is 5.51. The first-order valence-corrected chi connectivity index (χ1v) is 9.95. The number of amides is 2. The molecule has 4 aromatic carbocycles. The number of hydrogen-bond donors (Lipinski definition) is 1. The van der Waals surface area contributed by atoms with Gasteiger partial charge in [-0.3, -0.25) is 14.5 Å². The van der Waals surface area contributed by atoms with Gasteiger partial charge in [0.1, 0.15) is 0 Å². The zero-order chi connectivity index (χ0) is 20.5. The van der Waals surface area contributed by atoms with Gasteiger partial charge in [-0.2, -0.15) is 0 Å². The molecule has 146 valence electrons. The van der Waals surface area contributed by atoms with E-state index in [9.17, 15) is 9.59 Å². The summed E-state index contributed by atoms with van der Waals surface area (Å²) >= 11 is 0. The monoisotopic (exact) mass is 392 g/mol. The van der Waals surface area contributed by atoms with E-state index in [0.29, 0.717) is 17.7 Å². The van der Waals surface area contributed by atoms with Crippen molar-refractivity contribution in [1.82, 2.24) is 4.90 Å². The fourth-order valence-electron chi connectivity index (χ4n) is 3.90. The van der Waals surface area contributed by atoms with E-state index in [1.54, 1.807) is 24.3 Å². The summed E-state index contributed by atoms with van der Waals surface area (Å²) in [5.41, 5.74) is 4.13. The van der Waals surface area contributed by atoms with Crippen molar-refractivity contribution < 1.29 is 9.59 Å². The standard InChI is InChI=1S/C26H20N2O2/c29-25-22-9-3-4-10-23(22)26(30)28(25)17-19-14-12-18(13-15-19)16-27-24-11-5-7-20-6-1-2-8-21(20)24/h1-15,27H,16-17H2. The van der Waals surface area contributed by atoms with Crippen molar-refractivity contribution in [3.8, 4) is 0 Å². The van der Waals surface area contributed by atoms with E-state index in [-0.39, 0.29) is 18.4 Å². The van der Waals surface area contributed by atoms with Crippen LogP contribution < -0.4 is 5.32 Å². The molecule has 1 aliphatic heterocycles. The molecule has 1 N–H and O–H groups in total. The summed E-state index contributed by atoms with van der Waals surface area (Å²) in [6, 6.07) is 29.5. The Labute approximate surface area is 174 Å². The average Bonchev–Trinajstić information content (AvgIpc) is 3.03. The minimum Gasteiger partial charge on any atom is -0.380 e. The Kier molecular flexibility index (Phi) is 4.52. The fraction of sp³-hybridized carbons (Fsp3) is 0.0769. The third kappa shape index (κ3) is 3.22. The summed E-state index contributed by atoms with van der Waals surface area (Å²) in [4.78, 5) is 26.4. The largest absolute Gasteiger partial charge is 0.380 e. The van der Waals surface area contributed by atoms with Crippen LogP contribution in [-0.4, -0.2) is 16.7 Å². The van der Waals surface area contributed by atoms with Gasteiger partial charge in [0.15, 0.2) is 0 Å². The maximum absolute atomic E-state index is 12.5. The Balaban J connectivity index is 1.27. The first-order valence-electron chi connectivity index (χ1n) is 9.95. The molecule has 30 heavy (non-hydrogen) atoms. The summed E-state index contributed by atoms with van der Waals surface area (Å²) in [7, 11) is 0. The van der Waals surface area contributed by atoms with Crippen molar-refractivity contribution in [1.29, 1.82) is 0 Å². The van der Waals surface area contributed by atoms with E-state index < -0.39 is 0 Å². The molecule has 4 aromatic rings. The lowest BCUT2D eigenvalue weighted by Gasteiger charge is -2.14. The number of carbonyl (C=O) groups excluding carboxylic acids is 2. The van der Waals surface area contributed by atoms with Crippen molar-refractivity contribution in [3.63, 3.8) is 0 Å². The van der Waals surface area contributed by atoms with Crippen LogP contribution in [0.2, 0.25) is 0 Å². The molecule has 0 aliphatic carbocycles. The molecule has 1 heterocycles. The Hall–Kier alpha value is -3.92. The van der Waals surface area contributed by atoms with Gasteiger partial charge < -0.3 is 5.32 Å². The van der Waals surface area contributed by atoms with Gasteiger partial charge in [-0.05, 0) is 34.7 Å². The summed E-state index contributed by atoms with van der Waals surface area (Å²) in [5, 5.41) is 5.91. The second kappa shape index (κ2) is 7.48. The molecule has 2 amide bonds. The molecule has 4 heteroatoms. The molecular formula is C26H20N2O2. The van der Waals surface area contributed by atoms with Crippen molar-refractivity contribution >= 4 is 28.3 Å². The predicted octanol–water partition coefficient (Wildman–Crippen LogP) is 5.25. The summed E-state index contributed by atoms with van der Waals surface area (Å²) in [6.45, 7) is 0.977. The van der Waals surface area contributed by atoms with Crippen molar-refractivity contribution in [2.45, 2.75) is 13.1 Å². The minimum absolute atomic E-state index is 0.225. The first kappa shape index (κ1) is 18.1. The van der Waals surface area contributed by atoms with E-state index in [1.165, 1.54) is 15.7 Å². The molecule has 0 spiro atoms. The van der Waals surface area contributed by atoms with Gasteiger partial charge in [0, 0.05) is 17.6 Å². The van der Waals surface area contributed by atoms with Crippen LogP contribution in [0, 0.1) is 0 Å². The van der Waals surface area contributed by atoms with Gasteiger partial charge in [-0.25, -0.2) is 0 Å². The summed E-state index contributed by atoms with van der Waals surface area (Å²) < 4.78 is 0. The Morgan fingerprint density at radius 1 is 0.633 bits per heavy atom. The lowest BCUT2D eigenvalue weighted by atomic mass is 10.1. The van der Waals surface area contributed by atoms with Gasteiger partial charge in [-0.15, -0.1) is 0 Å². The van der Waals surface area contributed by atoms with E-state index in [4.69, 9.17) is 0 Å². The number of anilines is 1. The average molecular weight is 392 g/mol. The Morgan fingerprint density at radius 3 is 1.97 bits per heavy atom. The fourth-order valence-corrected chi connectivity index (χ4v) is 3.90. The number of imide groups is 1. The molecule has 5 rings (SSSR count). The van der Waals surface area contributed by atoms with Crippen LogP contribution in [-0.2, 0) is 13.1 Å². The second-order valence-corrected chi connectivity index (χ2v) is 7.44. The molecular weight excluding hydrogens is 372 g/mol. The zero-order valence-corrected chi connectivity index (χ0v) is 16.3. The number of rotatable bonds is 5. The summed E-state index contributed by atoms with van der Waals surface area (Å²) in [5.74, 6) is -0.449. The first-order chi connectivity index (χ1) is 14.7. The summed E-state index contributed by atoms with van der Waals surface area (Å²) in [6.07, 6.45) is 0. The van der Waals surface area contributed by atoms with Crippen molar-refractivity contribution in [3.05, 3.63) is 113 Å². The number of hydrogen-bond acceptors (Lipinski definition) is 3. The maximum Gasteiger partial charge on any atom is 0.261 e. The van der Waals surface area contributed by atoms with Crippen LogP contribution in [0.15, 0.2) is 91.0 Å². The molecule has 0 fully saturated rings. The normalized spacial score (nSPS) is 13.0. The molecule has 0 saturated heterocycles. The van der Waals surface area contributed by atoms with E-state index in [2.05, 4.69) is 35.6 Å². The molecule has 0 radical (unpaired) electrons. The SMILES string of the molecule is O=C1c2ccccc2C(=O)N1Cc1ccc(CNc2cccc3ccccc23)cc1. The van der Waals surface area contributed by atoms with Gasteiger partial charge in [0.2, 0.25) is 0 Å². The Morgan fingerprint density at radius 2 is 1.23 bits per heavy atom. The van der Waals surface area contributed by atoms with Crippen LogP contribution >= 0.6 is 0 Å². The van der Waals surface area contributed by atoms with Crippen molar-refractivity contribution in [2.75, 3.05) is 5.32 Å². The maximum atomic E-state index is 12.5. The molecule has 0 saturated carbocycles. The van der Waals surface area contributed by atoms with Crippen LogP contribution in [0.25, 0.3) is 10.8 Å². The van der Waals surface area contributed by atoms with Crippen LogP contribution in [0.3, 0.4) is 0 Å². The number of benzene rings is 4. The molecule has 0 unspecified atom stereocenters. The van der Waals surface area contributed by atoms with E-state index in [0.717, 1.165) is 16.8 Å². The quantitative estimate of drug-likeness (QED) is 0.472. The smallest absolute Gasteiger partial charge is 0.261 e. The molecule has 0 aromatic heterocycles. The highest BCUT2D eigenvalue weighted by atomic mass is 16.2. The number of carbonyl (C=O) groups is 2. The highest BCUT2D eigenvalue weighted by Crippen LogP contribution is 2.25. The molecule has 0 bridgehead atoms. The topological polar surface area (TPSA) is 49.4 Å². The number of nitrogens with one attached hydrogen (secondary N) is 1.